The van der Waals surface area contributed by atoms with Crippen LogP contribution in [0.25, 0.3) is 0 Å². The SMILES string of the molecule is CC(=CCCC(C)C)C1CCC2C3CC=C4CC(OC(=O)NCCCCCC(=O)N5CC(O)C(CO)C5)CCC4(C)C3CCC12C. The molecule has 0 radical (unpaired) electrons. The molecule has 9 unspecified atom stereocenters. The summed E-state index contributed by atoms with van der Waals surface area (Å²) in [5.74, 6) is 3.68. The van der Waals surface area contributed by atoms with Crippen LogP contribution in [0.5, 0.6) is 0 Å². The lowest BCUT2D eigenvalue weighted by Gasteiger charge is -2.58. The molecule has 1 saturated heterocycles. The molecule has 4 fully saturated rings. The maximum Gasteiger partial charge on any atom is 0.407 e. The fourth-order valence-electron chi connectivity index (χ4n) is 10.6. The third-order valence-electron chi connectivity index (χ3n) is 13.4. The first kappa shape index (κ1) is 35.4. The molecule has 46 heavy (non-hydrogen) atoms. The van der Waals surface area contributed by atoms with Gasteiger partial charge in [-0.1, -0.05) is 57.4 Å². The van der Waals surface area contributed by atoms with Crippen LogP contribution in [-0.4, -0.2) is 65.6 Å². The van der Waals surface area contributed by atoms with Crippen molar-refractivity contribution in [3.63, 3.8) is 0 Å². The second kappa shape index (κ2) is 15.1. The van der Waals surface area contributed by atoms with Gasteiger partial charge in [-0.2, -0.15) is 0 Å². The monoisotopic (exact) mass is 640 g/mol. The molecular weight excluding hydrogens is 576 g/mol. The number of rotatable bonds is 12. The predicted molar refractivity (Wildman–Crippen MR) is 183 cm³/mol. The zero-order valence-corrected chi connectivity index (χ0v) is 29.6. The fraction of sp³-hybridized carbons (Fsp3) is 0.846. The van der Waals surface area contributed by atoms with E-state index in [0.29, 0.717) is 31.5 Å². The van der Waals surface area contributed by atoms with Gasteiger partial charge in [0, 0.05) is 38.4 Å². The van der Waals surface area contributed by atoms with Crippen LogP contribution in [0.1, 0.15) is 125 Å². The van der Waals surface area contributed by atoms with Gasteiger partial charge in [-0.05, 0) is 118 Å². The van der Waals surface area contributed by atoms with Gasteiger partial charge in [0.2, 0.25) is 5.91 Å². The van der Waals surface area contributed by atoms with Crippen LogP contribution < -0.4 is 5.32 Å². The van der Waals surface area contributed by atoms with Crippen LogP contribution in [0.3, 0.4) is 0 Å². The first-order valence-electron chi connectivity index (χ1n) is 18.8. The smallest absolute Gasteiger partial charge is 0.407 e. The predicted octanol–water partition coefficient (Wildman–Crippen LogP) is 7.41. The van der Waals surface area contributed by atoms with Crippen LogP contribution in [0.2, 0.25) is 0 Å². The fourth-order valence-corrected chi connectivity index (χ4v) is 10.6. The molecule has 5 aliphatic rings. The number of likely N-dealkylation sites (tertiary alicyclic amines) is 1. The van der Waals surface area contributed by atoms with E-state index in [1.165, 1.54) is 44.9 Å². The average Bonchev–Trinajstić information content (AvgIpc) is 3.58. The van der Waals surface area contributed by atoms with Crippen LogP contribution in [0, 0.1) is 46.3 Å². The minimum absolute atomic E-state index is 0.0319. The Labute approximate surface area is 279 Å². The van der Waals surface area contributed by atoms with E-state index in [9.17, 15) is 19.8 Å². The summed E-state index contributed by atoms with van der Waals surface area (Å²) in [5, 5.41) is 22.2. The van der Waals surface area contributed by atoms with E-state index in [4.69, 9.17) is 4.74 Å². The first-order chi connectivity index (χ1) is 22.0. The van der Waals surface area contributed by atoms with Gasteiger partial charge in [-0.25, -0.2) is 4.79 Å². The van der Waals surface area contributed by atoms with Gasteiger partial charge in [0.05, 0.1) is 12.7 Å². The van der Waals surface area contributed by atoms with E-state index in [-0.39, 0.29) is 36.0 Å². The summed E-state index contributed by atoms with van der Waals surface area (Å²) < 4.78 is 5.93. The molecule has 0 spiro atoms. The molecule has 0 bridgehead atoms. The number of allylic oxidation sites excluding steroid dienone is 3. The van der Waals surface area contributed by atoms with Crippen molar-refractivity contribution in [2.75, 3.05) is 26.2 Å². The van der Waals surface area contributed by atoms with Crippen molar-refractivity contribution in [2.45, 2.75) is 137 Å². The minimum Gasteiger partial charge on any atom is -0.446 e. The Morgan fingerprint density at radius 1 is 1.09 bits per heavy atom. The zero-order chi connectivity index (χ0) is 33.1. The summed E-state index contributed by atoms with van der Waals surface area (Å²) in [6.45, 7) is 13.4. The first-order valence-corrected chi connectivity index (χ1v) is 18.8. The maximum absolute atomic E-state index is 12.7. The van der Waals surface area contributed by atoms with Crippen molar-refractivity contribution in [1.82, 2.24) is 10.2 Å². The lowest BCUT2D eigenvalue weighted by molar-refractivity contribution is -0.130. The molecule has 9 atom stereocenters. The second-order valence-corrected chi connectivity index (χ2v) is 16.7. The lowest BCUT2D eigenvalue weighted by Crippen LogP contribution is -2.50. The number of aliphatic hydroxyl groups excluding tert-OH is 2. The van der Waals surface area contributed by atoms with Gasteiger partial charge in [0.15, 0.2) is 0 Å². The van der Waals surface area contributed by atoms with E-state index < -0.39 is 6.10 Å². The second-order valence-electron chi connectivity index (χ2n) is 16.7. The number of carbonyl (C=O) groups is 2. The zero-order valence-electron chi connectivity index (χ0n) is 29.6. The summed E-state index contributed by atoms with van der Waals surface area (Å²) in [4.78, 5) is 26.7. The van der Waals surface area contributed by atoms with Gasteiger partial charge in [-0.3, -0.25) is 4.79 Å². The van der Waals surface area contributed by atoms with Crippen molar-refractivity contribution in [3.05, 3.63) is 23.3 Å². The van der Waals surface area contributed by atoms with E-state index >= 15 is 0 Å². The van der Waals surface area contributed by atoms with Crippen molar-refractivity contribution in [2.24, 2.45) is 46.3 Å². The molecule has 7 heteroatoms. The van der Waals surface area contributed by atoms with Crippen molar-refractivity contribution < 1.29 is 24.5 Å². The number of nitrogens with one attached hydrogen (secondary N) is 1. The highest BCUT2D eigenvalue weighted by atomic mass is 16.6. The van der Waals surface area contributed by atoms with Crippen LogP contribution >= 0.6 is 0 Å². The third kappa shape index (κ3) is 7.56. The number of aliphatic hydroxyl groups is 2. The van der Waals surface area contributed by atoms with Crippen LogP contribution in [0.15, 0.2) is 23.3 Å². The highest BCUT2D eigenvalue weighted by Crippen LogP contribution is 2.67. The van der Waals surface area contributed by atoms with E-state index in [2.05, 4.69) is 52.1 Å². The van der Waals surface area contributed by atoms with Gasteiger partial charge >= 0.3 is 6.09 Å². The average molecular weight is 641 g/mol. The van der Waals surface area contributed by atoms with Crippen molar-refractivity contribution in [3.8, 4) is 0 Å². The number of unbranched alkanes of at least 4 members (excludes halogenated alkanes) is 2. The quantitative estimate of drug-likeness (QED) is 0.152. The molecule has 2 amide bonds. The third-order valence-corrected chi connectivity index (χ3v) is 13.4. The Morgan fingerprint density at radius 3 is 2.63 bits per heavy atom. The molecule has 0 aromatic heterocycles. The summed E-state index contributed by atoms with van der Waals surface area (Å²) in [7, 11) is 0. The number of alkyl carbamates (subject to hydrolysis) is 1. The van der Waals surface area contributed by atoms with Crippen LogP contribution in [-0.2, 0) is 9.53 Å². The molecule has 260 valence electrons. The normalized spacial score (nSPS) is 37.4. The number of nitrogens with zero attached hydrogens (tertiary/aromatic N) is 1. The van der Waals surface area contributed by atoms with Crippen molar-refractivity contribution >= 4 is 12.0 Å². The molecular formula is C39H64N2O5. The van der Waals surface area contributed by atoms with Gasteiger partial charge in [0.1, 0.15) is 6.10 Å². The Kier molecular flexibility index (Phi) is 11.7. The Morgan fingerprint density at radius 2 is 1.89 bits per heavy atom. The molecule has 3 saturated carbocycles. The highest BCUT2D eigenvalue weighted by molar-refractivity contribution is 5.76. The topological polar surface area (TPSA) is 99.1 Å². The molecule has 4 aliphatic carbocycles. The Balaban J connectivity index is 1.04. The summed E-state index contributed by atoms with van der Waals surface area (Å²) >= 11 is 0. The molecule has 5 rings (SSSR count). The van der Waals surface area contributed by atoms with E-state index in [1.54, 1.807) is 16.0 Å². The largest absolute Gasteiger partial charge is 0.446 e. The Bertz CT molecular complexity index is 1130. The van der Waals surface area contributed by atoms with Gasteiger partial charge < -0.3 is 25.2 Å². The number of fused-ring (bicyclic) bond motifs is 5. The number of hydrogen-bond donors (Lipinski definition) is 3. The maximum atomic E-state index is 12.7. The van der Waals surface area contributed by atoms with E-state index in [0.717, 1.165) is 68.1 Å². The molecule has 0 aromatic carbocycles. The summed E-state index contributed by atoms with van der Waals surface area (Å²) in [5.41, 5.74) is 3.88. The molecule has 3 N–H and O–H groups in total. The standard InChI is InChI=1S/C39H64N2O5/c1-26(2)10-9-11-27(3)32-15-16-33-31-14-13-29-22-30(17-19-38(29,4)34(31)18-20-39(32,33)5)46-37(45)40-21-8-6-7-12-36(44)41-23-28(25-42)35(43)24-41/h11,13,26,28,30-35,42-43H,6-10,12,14-25H2,1-5H3,(H,40,45). The summed E-state index contributed by atoms with van der Waals surface area (Å²) in [6, 6.07) is 0. The number of β-amino-alcohol motifs (C(OH)–C–C–N with tert-alkyl or cyclic N) is 1. The van der Waals surface area contributed by atoms with Gasteiger partial charge in [-0.15, -0.1) is 0 Å². The number of carbonyl (C=O) groups excluding carboxylic acids is 2. The highest BCUT2D eigenvalue weighted by Gasteiger charge is 2.58. The minimum atomic E-state index is -0.631. The van der Waals surface area contributed by atoms with Gasteiger partial charge in [0.25, 0.3) is 0 Å². The summed E-state index contributed by atoms with van der Waals surface area (Å²) in [6.07, 6.45) is 19.0. The van der Waals surface area contributed by atoms with Crippen LogP contribution in [0.4, 0.5) is 4.79 Å². The molecule has 1 aliphatic heterocycles. The van der Waals surface area contributed by atoms with E-state index in [1.807, 2.05) is 0 Å². The van der Waals surface area contributed by atoms with Crippen molar-refractivity contribution in [1.29, 1.82) is 0 Å². The molecule has 0 aromatic rings. The number of hydrogen-bond acceptors (Lipinski definition) is 5. The molecule has 7 nitrogen and oxygen atoms in total. The number of ether oxygens (including phenoxy) is 1. The molecule has 1 heterocycles. The number of amides is 2. The Hall–Kier alpha value is -1.86. The lowest BCUT2D eigenvalue weighted by atomic mass is 9.47.